The van der Waals surface area contributed by atoms with E-state index in [4.69, 9.17) is 9.47 Å². The van der Waals surface area contributed by atoms with Crippen molar-refractivity contribution in [2.45, 2.75) is 6.61 Å². The van der Waals surface area contributed by atoms with Crippen LogP contribution in [0.4, 0.5) is 14.9 Å². The molecule has 1 aliphatic rings. The number of halogens is 3. The highest BCUT2D eigenvalue weighted by Gasteiger charge is 2.38. The van der Waals surface area contributed by atoms with Gasteiger partial charge in [-0.25, -0.2) is 14.1 Å². The quantitative estimate of drug-likeness (QED) is 0.293. The van der Waals surface area contributed by atoms with Crippen LogP contribution in [0.1, 0.15) is 11.1 Å². The molecule has 4 rings (SSSR count). The predicted octanol–water partition coefficient (Wildman–Crippen LogP) is 5.60. The Kier molecular flexibility index (Phi) is 7.32. The number of anilines is 1. The SMILES string of the molecule is COc1cc(/C=C2/C(=O)NC(=O)N(c3ccccc3F)C2=O)cc(Br)c1OCc1ccccc1Br. The number of ether oxygens (including phenoxy) is 2. The van der Waals surface area contributed by atoms with Crippen LogP contribution in [0.25, 0.3) is 6.08 Å². The summed E-state index contributed by atoms with van der Waals surface area (Å²) in [5.41, 5.74) is 0.741. The fourth-order valence-corrected chi connectivity index (χ4v) is 4.38. The number of carbonyl (C=O) groups excluding carboxylic acids is 3. The molecule has 0 bridgehead atoms. The lowest BCUT2D eigenvalue weighted by molar-refractivity contribution is -0.122. The van der Waals surface area contributed by atoms with Gasteiger partial charge in [0, 0.05) is 10.0 Å². The minimum atomic E-state index is -1.03. The molecule has 3 aromatic carbocycles. The first kappa shape index (κ1) is 24.6. The number of nitrogens with zero attached hydrogens (tertiary/aromatic N) is 1. The minimum Gasteiger partial charge on any atom is -0.493 e. The van der Waals surface area contributed by atoms with E-state index in [0.717, 1.165) is 16.1 Å². The molecule has 0 aromatic heterocycles. The molecule has 1 heterocycles. The fourth-order valence-electron chi connectivity index (χ4n) is 3.40. The number of benzene rings is 3. The van der Waals surface area contributed by atoms with Gasteiger partial charge in [-0.3, -0.25) is 14.9 Å². The zero-order valence-corrected chi connectivity index (χ0v) is 21.4. The molecule has 1 N–H and O–H groups in total. The zero-order valence-electron chi connectivity index (χ0n) is 18.2. The lowest BCUT2D eigenvalue weighted by Gasteiger charge is -2.26. The highest BCUT2D eigenvalue weighted by atomic mass is 79.9. The highest BCUT2D eigenvalue weighted by Crippen LogP contribution is 2.38. The van der Waals surface area contributed by atoms with E-state index in [9.17, 15) is 18.8 Å². The number of para-hydroxylation sites is 1. The van der Waals surface area contributed by atoms with Crippen LogP contribution in [0.15, 0.2) is 75.2 Å². The number of rotatable bonds is 6. The van der Waals surface area contributed by atoms with Gasteiger partial charge in [-0.05, 0) is 57.9 Å². The van der Waals surface area contributed by atoms with Gasteiger partial charge in [0.05, 0.1) is 17.3 Å². The van der Waals surface area contributed by atoms with Gasteiger partial charge in [0.25, 0.3) is 11.8 Å². The Morgan fingerprint density at radius 1 is 1.00 bits per heavy atom. The summed E-state index contributed by atoms with van der Waals surface area (Å²) in [6, 6.07) is 15.1. The largest absolute Gasteiger partial charge is 0.493 e. The first-order chi connectivity index (χ1) is 16.8. The molecule has 0 aliphatic carbocycles. The van der Waals surface area contributed by atoms with Crippen molar-refractivity contribution in [1.82, 2.24) is 5.32 Å². The topological polar surface area (TPSA) is 84.9 Å². The van der Waals surface area contributed by atoms with Crippen LogP contribution in [0.2, 0.25) is 0 Å². The Bertz CT molecular complexity index is 1380. The van der Waals surface area contributed by atoms with Crippen molar-refractivity contribution in [2.24, 2.45) is 0 Å². The average Bonchev–Trinajstić information content (AvgIpc) is 2.83. The van der Waals surface area contributed by atoms with Crippen LogP contribution in [0.3, 0.4) is 0 Å². The molecular weight excluding hydrogens is 587 g/mol. The summed E-state index contributed by atoms with van der Waals surface area (Å²) in [6.07, 6.45) is 1.29. The van der Waals surface area contributed by atoms with E-state index in [1.165, 1.54) is 31.4 Å². The molecule has 1 fully saturated rings. The zero-order chi connectivity index (χ0) is 25.1. The predicted molar refractivity (Wildman–Crippen MR) is 135 cm³/mol. The summed E-state index contributed by atoms with van der Waals surface area (Å²) >= 11 is 6.93. The van der Waals surface area contributed by atoms with Gasteiger partial charge in [0.2, 0.25) is 0 Å². The third kappa shape index (κ3) is 5.13. The number of hydrogen-bond donors (Lipinski definition) is 1. The summed E-state index contributed by atoms with van der Waals surface area (Å²) in [5, 5.41) is 2.07. The Hall–Kier alpha value is -3.50. The molecular formula is C25H17Br2FN2O5. The summed E-state index contributed by atoms with van der Waals surface area (Å²) in [4.78, 5) is 38.4. The second-order valence-corrected chi connectivity index (χ2v) is 9.03. The second kappa shape index (κ2) is 10.4. The summed E-state index contributed by atoms with van der Waals surface area (Å²) in [5.74, 6) is -1.84. The highest BCUT2D eigenvalue weighted by molar-refractivity contribution is 9.10. The normalized spacial score (nSPS) is 14.8. The second-order valence-electron chi connectivity index (χ2n) is 7.32. The van der Waals surface area contributed by atoms with E-state index >= 15 is 0 Å². The third-order valence-corrected chi connectivity index (χ3v) is 6.45. The molecule has 0 atom stereocenters. The molecule has 0 unspecified atom stereocenters. The molecule has 178 valence electrons. The molecule has 4 amide bonds. The number of urea groups is 1. The molecule has 0 radical (unpaired) electrons. The van der Waals surface area contributed by atoms with Crippen LogP contribution in [-0.2, 0) is 16.2 Å². The van der Waals surface area contributed by atoms with Crippen molar-refractivity contribution >= 4 is 61.5 Å². The van der Waals surface area contributed by atoms with E-state index < -0.39 is 23.7 Å². The summed E-state index contributed by atoms with van der Waals surface area (Å²) in [6.45, 7) is 0.261. The number of carbonyl (C=O) groups is 3. The maximum absolute atomic E-state index is 14.3. The van der Waals surface area contributed by atoms with Crippen LogP contribution in [0, 0.1) is 5.82 Å². The Balaban J connectivity index is 1.66. The molecule has 35 heavy (non-hydrogen) atoms. The Morgan fingerprint density at radius 2 is 1.71 bits per heavy atom. The van der Waals surface area contributed by atoms with Crippen molar-refractivity contribution in [2.75, 3.05) is 12.0 Å². The monoisotopic (exact) mass is 602 g/mol. The number of nitrogens with one attached hydrogen (secondary N) is 1. The molecule has 7 nitrogen and oxygen atoms in total. The minimum absolute atomic E-state index is 0.261. The van der Waals surface area contributed by atoms with Gasteiger partial charge in [-0.1, -0.05) is 46.3 Å². The maximum atomic E-state index is 14.3. The van der Waals surface area contributed by atoms with Crippen LogP contribution in [0.5, 0.6) is 11.5 Å². The summed E-state index contributed by atoms with van der Waals surface area (Å²) in [7, 11) is 1.46. The van der Waals surface area contributed by atoms with Crippen molar-refractivity contribution in [3.8, 4) is 11.5 Å². The number of barbiturate groups is 1. The number of imide groups is 2. The van der Waals surface area contributed by atoms with E-state index in [1.54, 1.807) is 12.1 Å². The number of hydrogen-bond acceptors (Lipinski definition) is 5. The van der Waals surface area contributed by atoms with Gasteiger partial charge >= 0.3 is 6.03 Å². The van der Waals surface area contributed by atoms with Gasteiger partial charge in [-0.2, -0.15) is 0 Å². The number of amides is 4. The van der Waals surface area contributed by atoms with Gasteiger partial charge in [0.15, 0.2) is 11.5 Å². The van der Waals surface area contributed by atoms with Gasteiger partial charge < -0.3 is 9.47 Å². The smallest absolute Gasteiger partial charge is 0.336 e. The first-order valence-electron chi connectivity index (χ1n) is 10.2. The standard InChI is InChI=1S/C25H17Br2FN2O5/c1-34-21-12-14(11-18(27)22(21)35-13-15-6-2-3-7-17(15)26)10-16-23(31)29-25(33)30(24(16)32)20-9-5-4-8-19(20)28/h2-12H,13H2,1H3,(H,29,31,33)/b16-10-. The average molecular weight is 604 g/mol. The van der Waals surface area contributed by atoms with E-state index in [0.29, 0.717) is 26.4 Å². The number of methoxy groups -OCH3 is 1. The molecule has 10 heteroatoms. The Morgan fingerprint density at radius 3 is 2.43 bits per heavy atom. The van der Waals surface area contributed by atoms with Crippen LogP contribution in [-0.4, -0.2) is 25.0 Å². The van der Waals surface area contributed by atoms with E-state index in [2.05, 4.69) is 37.2 Å². The van der Waals surface area contributed by atoms with Gasteiger partial charge in [0.1, 0.15) is 18.0 Å². The third-order valence-electron chi connectivity index (χ3n) is 5.09. The first-order valence-corrected chi connectivity index (χ1v) is 11.8. The lowest BCUT2D eigenvalue weighted by Crippen LogP contribution is -2.54. The van der Waals surface area contributed by atoms with Crippen molar-refractivity contribution in [1.29, 1.82) is 0 Å². The molecule has 0 spiro atoms. The van der Waals surface area contributed by atoms with Gasteiger partial charge in [-0.15, -0.1) is 0 Å². The summed E-state index contributed by atoms with van der Waals surface area (Å²) < 4.78 is 27.1. The van der Waals surface area contributed by atoms with Crippen molar-refractivity contribution in [3.05, 3.63) is 92.1 Å². The molecule has 1 aliphatic heterocycles. The lowest BCUT2D eigenvalue weighted by atomic mass is 10.1. The van der Waals surface area contributed by atoms with Crippen molar-refractivity contribution < 1.29 is 28.2 Å². The maximum Gasteiger partial charge on any atom is 0.336 e. The molecule has 1 saturated heterocycles. The van der Waals surface area contributed by atoms with E-state index in [1.807, 2.05) is 24.3 Å². The fraction of sp³-hybridized carbons (Fsp3) is 0.0800. The van der Waals surface area contributed by atoms with Crippen LogP contribution < -0.4 is 19.7 Å². The molecule has 3 aromatic rings. The Labute approximate surface area is 216 Å². The molecule has 0 saturated carbocycles. The van der Waals surface area contributed by atoms with Crippen LogP contribution >= 0.6 is 31.9 Å². The van der Waals surface area contributed by atoms with E-state index in [-0.39, 0.29) is 17.9 Å². The van der Waals surface area contributed by atoms with Crippen molar-refractivity contribution in [3.63, 3.8) is 0 Å².